The number of piperidine rings is 1. The number of nitrogens with two attached hydrogens (primary N) is 1. The number of nitrogens with one attached hydrogen (secondary N) is 1. The summed E-state index contributed by atoms with van der Waals surface area (Å²) in [5.41, 5.74) is 3.49. The van der Waals surface area contributed by atoms with Gasteiger partial charge >= 0.3 is 18.1 Å². The molecule has 1 aromatic heterocycles. The summed E-state index contributed by atoms with van der Waals surface area (Å²) in [6, 6.07) is 6.45. The van der Waals surface area contributed by atoms with Crippen molar-refractivity contribution in [3.05, 3.63) is 65.5 Å². The number of nitrogens with zero attached hydrogens (tertiary/aromatic N) is 4. The third-order valence-corrected chi connectivity index (χ3v) is 7.92. The minimum absolute atomic E-state index is 0.00697. The second-order valence-corrected chi connectivity index (χ2v) is 12.7. The van der Waals surface area contributed by atoms with E-state index < -0.39 is 89.8 Å². The van der Waals surface area contributed by atoms with Crippen LogP contribution in [0.15, 0.2) is 47.7 Å². The van der Waals surface area contributed by atoms with Crippen LogP contribution in [-0.2, 0) is 41.7 Å². The predicted molar refractivity (Wildman–Crippen MR) is 170 cm³/mol. The number of hydrogen-bond donors (Lipinski definition) is 6. The van der Waals surface area contributed by atoms with Gasteiger partial charge in [-0.2, -0.15) is 18.3 Å². The summed E-state index contributed by atoms with van der Waals surface area (Å²) < 4.78 is 72.7. The van der Waals surface area contributed by atoms with Gasteiger partial charge in [0.1, 0.15) is 29.6 Å². The Bertz CT molecular complexity index is 1690. The second-order valence-electron chi connectivity index (χ2n) is 12.7. The van der Waals surface area contributed by atoms with Crippen LogP contribution in [0.4, 0.5) is 22.0 Å². The van der Waals surface area contributed by atoms with Gasteiger partial charge in [0.2, 0.25) is 11.8 Å². The highest BCUT2D eigenvalue weighted by Gasteiger charge is 2.56. The minimum Gasteiger partial charge on any atom is -0.479 e. The highest BCUT2D eigenvalue weighted by molar-refractivity contribution is 6.14. The van der Waals surface area contributed by atoms with Gasteiger partial charge in [0, 0.05) is 49.5 Å². The molecule has 2 aliphatic heterocycles. The lowest BCUT2D eigenvalue weighted by atomic mass is 9.74. The van der Waals surface area contributed by atoms with E-state index in [9.17, 15) is 45.9 Å². The molecule has 2 aliphatic rings. The molecule has 0 spiro atoms. The summed E-state index contributed by atoms with van der Waals surface area (Å²) in [5, 5.41) is 39.4. The number of aliphatic carboxylic acids is 2. The summed E-state index contributed by atoms with van der Waals surface area (Å²) in [5.74, 6) is -7.51. The topological polar surface area (TPSA) is 245 Å². The number of amides is 3. The molecule has 1 fully saturated rings. The number of hydrazone groups is 1. The summed E-state index contributed by atoms with van der Waals surface area (Å²) >= 11 is 0. The van der Waals surface area contributed by atoms with Crippen LogP contribution in [0.1, 0.15) is 31.5 Å². The minimum atomic E-state index is -4.71. The van der Waals surface area contributed by atoms with Crippen molar-refractivity contribution < 1.29 is 71.1 Å². The van der Waals surface area contributed by atoms with Crippen molar-refractivity contribution in [3.63, 3.8) is 0 Å². The first-order valence-electron chi connectivity index (χ1n) is 15.6. The fourth-order valence-electron chi connectivity index (χ4n) is 5.20. The normalized spacial score (nSPS) is 18.9. The standard InChI is InChI=1S/C28H31F5N6O4.C4H6O6/c1-26(2,34)24(41)36-21(14-43-13-17-6-7-18(29)11-20(17)30)23(40)38-10-8-22-27(15-38,12-19-5-3-4-9-35-19)25(42)39(37-22)16-28(31,32)33;5-1(3(7)8)2(6)4(9)10/h3-7,9,11,21H,8,10,12-16,34H2,1-2H3,(H,36,41);1-2,5-6H,(H,7,8)(H,9,10)/t;1-,2-/m.1/s1. The number of carboxylic acid groups (broad SMARTS) is 2. The number of benzene rings is 1. The van der Waals surface area contributed by atoms with E-state index in [0.717, 1.165) is 6.07 Å². The molecular formula is C32H37F5N6O10. The van der Waals surface area contributed by atoms with E-state index in [1.165, 1.54) is 31.0 Å². The number of alkyl halides is 3. The van der Waals surface area contributed by atoms with E-state index in [2.05, 4.69) is 15.4 Å². The first-order chi connectivity index (χ1) is 24.6. The number of carbonyl (C=O) groups is 5. The summed E-state index contributed by atoms with van der Waals surface area (Å²) in [4.78, 5) is 65.1. The maximum Gasteiger partial charge on any atom is 0.408 e. The Labute approximate surface area is 298 Å². The van der Waals surface area contributed by atoms with Crippen molar-refractivity contribution in [2.24, 2.45) is 16.3 Å². The van der Waals surface area contributed by atoms with Gasteiger partial charge in [-0.25, -0.2) is 23.4 Å². The molecule has 16 nitrogen and oxygen atoms in total. The number of carboxylic acids is 2. The molecular weight excluding hydrogens is 723 g/mol. The van der Waals surface area contributed by atoms with Crippen molar-refractivity contribution in [1.29, 1.82) is 0 Å². The molecule has 2 unspecified atom stereocenters. The Hall–Kier alpha value is -5.12. The molecule has 2 aromatic rings. The van der Waals surface area contributed by atoms with Crippen LogP contribution in [-0.4, -0.2) is 127 Å². The number of fused-ring (bicyclic) bond motifs is 1. The lowest BCUT2D eigenvalue weighted by Crippen LogP contribution is -2.62. The Balaban J connectivity index is 0.000000661. The largest absolute Gasteiger partial charge is 0.479 e. The van der Waals surface area contributed by atoms with Gasteiger partial charge < -0.3 is 41.1 Å². The molecule has 0 aliphatic carbocycles. The molecule has 3 heterocycles. The number of aliphatic hydroxyl groups excluding tert-OH is 2. The van der Waals surface area contributed by atoms with Crippen LogP contribution in [0.5, 0.6) is 0 Å². The fraction of sp³-hybridized carbons (Fsp3) is 0.469. The highest BCUT2D eigenvalue weighted by atomic mass is 19.4. The predicted octanol–water partition coefficient (Wildman–Crippen LogP) is 0.198. The SMILES string of the molecule is CC(C)(N)C(=O)NC(COCc1ccc(F)cc1F)C(=O)N1CCC2=NN(CC(F)(F)F)C(=O)C2(Cc2ccccn2)C1.O=C(O)[C@H](O)[C@@H](O)C(=O)O. The summed E-state index contributed by atoms with van der Waals surface area (Å²) in [6.07, 6.45) is -7.89. The average molecular weight is 761 g/mol. The van der Waals surface area contributed by atoms with Crippen LogP contribution in [0.3, 0.4) is 0 Å². The summed E-state index contributed by atoms with van der Waals surface area (Å²) in [6.45, 7) is 0.0803. The van der Waals surface area contributed by atoms with Gasteiger partial charge in [0.15, 0.2) is 12.2 Å². The van der Waals surface area contributed by atoms with Gasteiger partial charge in [-0.15, -0.1) is 0 Å². The van der Waals surface area contributed by atoms with Gasteiger partial charge in [0.25, 0.3) is 5.91 Å². The third-order valence-electron chi connectivity index (χ3n) is 7.92. The van der Waals surface area contributed by atoms with E-state index in [-0.39, 0.29) is 43.8 Å². The maximum atomic E-state index is 14.1. The van der Waals surface area contributed by atoms with E-state index in [1.807, 2.05) is 0 Å². The zero-order chi connectivity index (χ0) is 39.9. The Kier molecular flexibility index (Phi) is 13.7. The van der Waals surface area contributed by atoms with Gasteiger partial charge in [-0.05, 0) is 32.0 Å². The molecule has 53 heavy (non-hydrogen) atoms. The third kappa shape index (κ3) is 11.2. The number of halogens is 5. The fourth-order valence-corrected chi connectivity index (χ4v) is 5.20. The summed E-state index contributed by atoms with van der Waals surface area (Å²) in [7, 11) is 0. The van der Waals surface area contributed by atoms with Crippen LogP contribution in [0.25, 0.3) is 0 Å². The van der Waals surface area contributed by atoms with Gasteiger partial charge in [0.05, 0.1) is 24.5 Å². The number of aliphatic hydroxyl groups is 2. The monoisotopic (exact) mass is 760 g/mol. The number of ether oxygens (including phenoxy) is 1. The molecule has 4 rings (SSSR count). The Morgan fingerprint density at radius 2 is 1.70 bits per heavy atom. The maximum absolute atomic E-state index is 14.1. The van der Waals surface area contributed by atoms with Gasteiger partial charge in [-0.3, -0.25) is 19.4 Å². The van der Waals surface area contributed by atoms with E-state index >= 15 is 0 Å². The number of hydrogen-bond acceptors (Lipinski definition) is 11. The zero-order valence-electron chi connectivity index (χ0n) is 28.2. The second kappa shape index (κ2) is 17.1. The Morgan fingerprint density at radius 1 is 1.06 bits per heavy atom. The number of likely N-dealkylation sites (tertiary alicyclic amines) is 1. The van der Waals surface area contributed by atoms with Crippen molar-refractivity contribution in [2.45, 2.75) is 63.3 Å². The van der Waals surface area contributed by atoms with Crippen LogP contribution in [0.2, 0.25) is 0 Å². The Morgan fingerprint density at radius 3 is 2.23 bits per heavy atom. The van der Waals surface area contributed by atoms with Crippen molar-refractivity contribution in [2.75, 3.05) is 26.2 Å². The van der Waals surface area contributed by atoms with E-state index in [1.54, 1.807) is 18.2 Å². The first kappa shape index (κ1) is 42.3. The zero-order valence-corrected chi connectivity index (χ0v) is 28.2. The molecule has 21 heteroatoms. The molecule has 1 aromatic carbocycles. The van der Waals surface area contributed by atoms with Gasteiger partial charge in [-0.1, -0.05) is 12.1 Å². The molecule has 0 radical (unpaired) electrons. The van der Waals surface area contributed by atoms with Crippen molar-refractivity contribution in [3.8, 4) is 0 Å². The molecule has 290 valence electrons. The quantitative estimate of drug-likeness (QED) is 0.150. The molecule has 3 amide bonds. The number of pyridine rings is 1. The lowest BCUT2D eigenvalue weighted by molar-refractivity contribution is -0.165. The number of rotatable bonds is 13. The van der Waals surface area contributed by atoms with Crippen LogP contribution >= 0.6 is 0 Å². The molecule has 1 saturated heterocycles. The molecule has 4 atom stereocenters. The first-order valence-corrected chi connectivity index (χ1v) is 15.6. The molecule has 0 saturated carbocycles. The molecule has 0 bridgehead atoms. The van der Waals surface area contributed by atoms with E-state index in [0.29, 0.717) is 16.8 Å². The van der Waals surface area contributed by atoms with Crippen LogP contribution < -0.4 is 11.1 Å². The number of aromatic nitrogens is 1. The lowest BCUT2D eigenvalue weighted by Gasteiger charge is -2.40. The average Bonchev–Trinajstić information content (AvgIpc) is 3.32. The molecule has 7 N–H and O–H groups in total. The van der Waals surface area contributed by atoms with Crippen molar-refractivity contribution >= 4 is 35.4 Å². The highest BCUT2D eigenvalue weighted by Crippen LogP contribution is 2.39. The smallest absolute Gasteiger partial charge is 0.408 e. The van der Waals surface area contributed by atoms with Crippen molar-refractivity contribution in [1.82, 2.24) is 20.2 Å². The van der Waals surface area contributed by atoms with Crippen LogP contribution in [0, 0.1) is 17.0 Å². The van der Waals surface area contributed by atoms with E-state index in [4.69, 9.17) is 30.9 Å². The number of carbonyl (C=O) groups excluding carboxylic acids is 3.